The second-order valence-corrected chi connectivity index (χ2v) is 6.07. The smallest absolute Gasteiger partial charge is 0.239 e. The van der Waals surface area contributed by atoms with Crippen molar-refractivity contribution in [3.05, 3.63) is 33.3 Å². The molecule has 2 amide bonds. The van der Waals surface area contributed by atoms with Gasteiger partial charge in [0.1, 0.15) is 6.04 Å². The van der Waals surface area contributed by atoms with Crippen molar-refractivity contribution in [2.24, 2.45) is 5.73 Å². The van der Waals surface area contributed by atoms with E-state index >= 15 is 0 Å². The first kappa shape index (κ1) is 14.3. The quantitative estimate of drug-likeness (QED) is 0.877. The monoisotopic (exact) mass is 344 g/mol. The van der Waals surface area contributed by atoms with E-state index in [9.17, 15) is 9.59 Å². The normalized spacial score (nSPS) is 17.6. The number of hydrogen-bond donors (Lipinski definition) is 2. The van der Waals surface area contributed by atoms with Crippen molar-refractivity contribution in [2.75, 3.05) is 0 Å². The predicted molar refractivity (Wildman–Crippen MR) is 76.9 cm³/mol. The Balaban J connectivity index is 2.20. The summed E-state index contributed by atoms with van der Waals surface area (Å²) < 4.78 is 0.791. The van der Waals surface area contributed by atoms with Crippen molar-refractivity contribution in [1.82, 2.24) is 5.32 Å². The van der Waals surface area contributed by atoms with E-state index in [1.807, 2.05) is 12.1 Å². The summed E-state index contributed by atoms with van der Waals surface area (Å²) in [6.45, 7) is 1.57. The van der Waals surface area contributed by atoms with Gasteiger partial charge in [0, 0.05) is 4.47 Å². The highest BCUT2D eigenvalue weighted by atomic mass is 79.9. The Hall–Kier alpha value is -1.07. The van der Waals surface area contributed by atoms with Crippen LogP contribution in [0.5, 0.6) is 0 Å². The van der Waals surface area contributed by atoms with Gasteiger partial charge in [-0.05, 0) is 53.4 Å². The number of halogens is 2. The van der Waals surface area contributed by atoms with Crippen LogP contribution in [0.25, 0.3) is 0 Å². The zero-order chi connectivity index (χ0) is 14.2. The molecule has 19 heavy (non-hydrogen) atoms. The van der Waals surface area contributed by atoms with Gasteiger partial charge >= 0.3 is 0 Å². The molecule has 6 heteroatoms. The highest BCUT2D eigenvalue weighted by molar-refractivity contribution is 9.10. The summed E-state index contributed by atoms with van der Waals surface area (Å²) in [5.74, 6) is -0.713. The number of nitrogens with two attached hydrogens (primary N) is 1. The second kappa shape index (κ2) is 5.13. The van der Waals surface area contributed by atoms with Crippen molar-refractivity contribution in [2.45, 2.75) is 31.2 Å². The van der Waals surface area contributed by atoms with Crippen LogP contribution in [0.1, 0.15) is 25.3 Å². The number of primary amides is 1. The standard InChI is InChI=1S/C13H14BrClN2O2/c1-7(11(16)18)17-12(19)13(4-5-13)8-2-3-9(14)10(15)6-8/h2-3,6-7H,4-5H2,1H3,(H2,16,18)(H,17,19)/t7-/m0/s1. The van der Waals surface area contributed by atoms with Crippen LogP contribution in [0.4, 0.5) is 0 Å². The number of nitrogens with one attached hydrogen (secondary N) is 1. The number of rotatable bonds is 4. The van der Waals surface area contributed by atoms with E-state index < -0.39 is 17.4 Å². The summed E-state index contributed by atoms with van der Waals surface area (Å²) in [5.41, 5.74) is 5.46. The van der Waals surface area contributed by atoms with Gasteiger partial charge in [0.2, 0.25) is 11.8 Å². The molecule has 0 saturated heterocycles. The molecule has 1 aliphatic rings. The summed E-state index contributed by atoms with van der Waals surface area (Å²) in [5, 5.41) is 3.22. The van der Waals surface area contributed by atoms with Gasteiger partial charge in [0.15, 0.2) is 0 Å². The number of benzene rings is 1. The molecule has 1 saturated carbocycles. The zero-order valence-corrected chi connectivity index (χ0v) is 12.7. The third-order valence-electron chi connectivity index (χ3n) is 3.43. The van der Waals surface area contributed by atoms with E-state index in [0.717, 1.165) is 22.9 Å². The average Bonchev–Trinajstić information content (AvgIpc) is 3.13. The zero-order valence-electron chi connectivity index (χ0n) is 10.4. The fourth-order valence-electron chi connectivity index (χ4n) is 1.97. The predicted octanol–water partition coefficient (Wildman–Crippen LogP) is 2.12. The van der Waals surface area contributed by atoms with Crippen LogP contribution in [0, 0.1) is 0 Å². The molecule has 1 aromatic carbocycles. The molecular weight excluding hydrogens is 332 g/mol. The van der Waals surface area contributed by atoms with E-state index in [1.54, 1.807) is 13.0 Å². The molecule has 0 aliphatic heterocycles. The minimum atomic E-state index is -0.670. The number of carbonyl (C=O) groups excluding carboxylic acids is 2. The van der Waals surface area contributed by atoms with E-state index in [0.29, 0.717) is 5.02 Å². The first-order chi connectivity index (χ1) is 8.86. The lowest BCUT2D eigenvalue weighted by atomic mass is 9.94. The summed E-state index contributed by atoms with van der Waals surface area (Å²) >= 11 is 9.38. The van der Waals surface area contributed by atoms with Gasteiger partial charge in [-0.1, -0.05) is 17.7 Å². The lowest BCUT2D eigenvalue weighted by Crippen LogP contribution is -2.46. The van der Waals surface area contributed by atoms with Crippen molar-refractivity contribution < 1.29 is 9.59 Å². The maximum atomic E-state index is 12.3. The molecule has 3 N–H and O–H groups in total. The SMILES string of the molecule is C[C@H](NC(=O)C1(c2ccc(Br)c(Cl)c2)CC1)C(N)=O. The summed E-state index contributed by atoms with van der Waals surface area (Å²) in [6.07, 6.45) is 1.50. The molecule has 0 heterocycles. The minimum absolute atomic E-state index is 0.169. The van der Waals surface area contributed by atoms with E-state index in [4.69, 9.17) is 17.3 Å². The summed E-state index contributed by atoms with van der Waals surface area (Å²) in [4.78, 5) is 23.3. The van der Waals surface area contributed by atoms with E-state index in [1.165, 1.54) is 0 Å². The Bertz CT molecular complexity index is 543. The third-order valence-corrected chi connectivity index (χ3v) is 4.66. The number of carbonyl (C=O) groups is 2. The van der Waals surface area contributed by atoms with Crippen LogP contribution < -0.4 is 11.1 Å². The second-order valence-electron chi connectivity index (χ2n) is 4.81. The van der Waals surface area contributed by atoms with Gasteiger partial charge in [0.25, 0.3) is 0 Å². The molecule has 0 unspecified atom stereocenters. The van der Waals surface area contributed by atoms with Gasteiger partial charge in [-0.2, -0.15) is 0 Å². The molecular formula is C13H14BrClN2O2. The lowest BCUT2D eigenvalue weighted by Gasteiger charge is -2.18. The summed E-state index contributed by atoms with van der Waals surface area (Å²) in [6, 6.07) is 4.81. The van der Waals surface area contributed by atoms with Crippen LogP contribution in [0.3, 0.4) is 0 Å². The first-order valence-electron chi connectivity index (χ1n) is 5.92. The van der Waals surface area contributed by atoms with Gasteiger partial charge in [-0.3, -0.25) is 9.59 Å². The fraction of sp³-hybridized carbons (Fsp3) is 0.385. The molecule has 1 fully saturated rings. The largest absolute Gasteiger partial charge is 0.368 e. The maximum Gasteiger partial charge on any atom is 0.239 e. The number of amides is 2. The van der Waals surface area contributed by atoms with Crippen molar-refractivity contribution in [3.8, 4) is 0 Å². The Labute approximate surface area is 124 Å². The van der Waals surface area contributed by atoms with Crippen LogP contribution in [-0.2, 0) is 15.0 Å². The summed E-state index contributed by atoms with van der Waals surface area (Å²) in [7, 11) is 0. The van der Waals surface area contributed by atoms with Crippen LogP contribution in [0.15, 0.2) is 22.7 Å². The van der Waals surface area contributed by atoms with Gasteiger partial charge < -0.3 is 11.1 Å². The van der Waals surface area contributed by atoms with Crippen LogP contribution in [0.2, 0.25) is 5.02 Å². The highest BCUT2D eigenvalue weighted by Gasteiger charge is 2.51. The molecule has 2 rings (SSSR count). The Kier molecular flexibility index (Phi) is 3.87. The minimum Gasteiger partial charge on any atom is -0.368 e. The lowest BCUT2D eigenvalue weighted by molar-refractivity contribution is -0.128. The molecule has 0 radical (unpaired) electrons. The van der Waals surface area contributed by atoms with Crippen LogP contribution in [-0.4, -0.2) is 17.9 Å². The van der Waals surface area contributed by atoms with Gasteiger partial charge in [0.05, 0.1) is 10.4 Å². The molecule has 0 bridgehead atoms. The van der Waals surface area contributed by atoms with Gasteiger partial charge in [-0.25, -0.2) is 0 Å². The Morgan fingerprint density at radius 1 is 1.47 bits per heavy atom. The molecule has 0 aromatic heterocycles. The molecule has 1 atom stereocenters. The van der Waals surface area contributed by atoms with Crippen molar-refractivity contribution >= 4 is 39.3 Å². The van der Waals surface area contributed by atoms with E-state index in [2.05, 4.69) is 21.2 Å². The van der Waals surface area contributed by atoms with Crippen molar-refractivity contribution in [1.29, 1.82) is 0 Å². The molecule has 1 aromatic rings. The molecule has 0 spiro atoms. The average molecular weight is 346 g/mol. The number of hydrogen-bond acceptors (Lipinski definition) is 2. The van der Waals surface area contributed by atoms with E-state index in [-0.39, 0.29) is 5.91 Å². The van der Waals surface area contributed by atoms with Gasteiger partial charge in [-0.15, -0.1) is 0 Å². The van der Waals surface area contributed by atoms with Crippen molar-refractivity contribution in [3.63, 3.8) is 0 Å². The highest BCUT2D eigenvalue weighted by Crippen LogP contribution is 2.49. The topological polar surface area (TPSA) is 72.2 Å². The maximum absolute atomic E-state index is 12.3. The molecule has 4 nitrogen and oxygen atoms in total. The third kappa shape index (κ3) is 2.77. The Morgan fingerprint density at radius 2 is 2.11 bits per heavy atom. The fourth-order valence-corrected chi connectivity index (χ4v) is 2.40. The molecule has 102 valence electrons. The van der Waals surface area contributed by atoms with Crippen LogP contribution >= 0.6 is 27.5 Å². The molecule has 1 aliphatic carbocycles. The Morgan fingerprint density at radius 3 is 2.58 bits per heavy atom. The first-order valence-corrected chi connectivity index (χ1v) is 7.10.